The molecule has 1 aromatic rings. The molecule has 2 nitrogen and oxygen atoms in total. The summed E-state index contributed by atoms with van der Waals surface area (Å²) in [5, 5.41) is 0. The van der Waals surface area contributed by atoms with Gasteiger partial charge in [-0.2, -0.15) is 0 Å². The number of hydrogen-bond acceptors (Lipinski definition) is 2. The Morgan fingerprint density at radius 3 is 1.65 bits per heavy atom. The van der Waals surface area contributed by atoms with Gasteiger partial charge in [0, 0.05) is 6.42 Å². The van der Waals surface area contributed by atoms with Gasteiger partial charge in [-0.25, -0.2) is 22.0 Å². The second-order valence-electron chi connectivity index (χ2n) is 6.96. The van der Waals surface area contributed by atoms with Gasteiger partial charge in [0.25, 0.3) is 0 Å². The Kier molecular flexibility index (Phi) is 9.70. The van der Waals surface area contributed by atoms with Gasteiger partial charge in [0.2, 0.25) is 5.82 Å². The van der Waals surface area contributed by atoms with E-state index < -0.39 is 66.5 Å². The van der Waals surface area contributed by atoms with Crippen molar-refractivity contribution in [2.24, 2.45) is 0 Å². The summed E-state index contributed by atoms with van der Waals surface area (Å²) in [4.78, 5) is 11.8. The Morgan fingerprint density at radius 1 is 0.706 bits per heavy atom. The van der Waals surface area contributed by atoms with E-state index in [0.717, 1.165) is 19.3 Å². The molecule has 1 rings (SSSR count). The van der Waals surface area contributed by atoms with E-state index in [4.69, 9.17) is 11.0 Å². The van der Waals surface area contributed by atoms with Crippen LogP contribution in [0.5, 0.6) is 0 Å². The number of allylic oxidation sites excluding steroid dienone is 8. The van der Waals surface area contributed by atoms with Crippen LogP contribution >= 0.6 is 0 Å². The summed E-state index contributed by atoms with van der Waals surface area (Å²) in [5.74, 6) is -12.0. The molecule has 0 saturated heterocycles. The number of hydrogen-bond donors (Lipinski definition) is 0. The maximum absolute atomic E-state index is 13.7. The fourth-order valence-electron chi connectivity index (χ4n) is 2.47. The number of esters is 1. The molecule has 1 aromatic carbocycles. The molecule has 0 bridgehead atoms. The van der Waals surface area contributed by atoms with Crippen molar-refractivity contribution >= 4 is 5.97 Å². The molecule has 0 aliphatic carbocycles. The molecule has 0 unspecified atom stereocenters. The minimum atomic E-state index is -2.34. The fourth-order valence-corrected chi connectivity index (χ4v) is 2.47. The first-order valence-electron chi connectivity index (χ1n) is 14.9. The van der Waals surface area contributed by atoms with E-state index >= 15 is 0 Å². The highest BCUT2D eigenvalue weighted by Gasteiger charge is 2.26. The maximum atomic E-state index is 13.7. The Labute approximate surface area is 210 Å². The summed E-state index contributed by atoms with van der Waals surface area (Å²) in [6.07, 6.45) is 1.34. The average Bonchev–Trinajstić information content (AvgIpc) is 2.94. The lowest BCUT2D eigenvalue weighted by Gasteiger charge is -2.09. The van der Waals surface area contributed by atoms with Gasteiger partial charge in [0.1, 0.15) is 6.61 Å². The molecule has 0 atom stereocenters. The molecule has 188 valence electrons. The van der Waals surface area contributed by atoms with Crippen LogP contribution in [0, 0.1) is 29.1 Å². The Balaban J connectivity index is 2.68. The van der Waals surface area contributed by atoms with Crippen LogP contribution < -0.4 is 0 Å². The lowest BCUT2D eigenvalue weighted by molar-refractivity contribution is -0.145. The third-order valence-corrected chi connectivity index (χ3v) is 4.30. The van der Waals surface area contributed by atoms with E-state index in [0.29, 0.717) is 6.42 Å². The standard InChI is InChI=1S/C27H33F5O2/c1-2-3-4-5-6-7-8-9-10-11-12-13-14-15-16-17-18-19-22(33)34-20-21-23(28)25(30)27(32)26(31)24(21)29/h6-7,9-10,12-13,15-16H,2-5,8,11,14,17-20H2,1H3/b7-6+,10-9-,13-12-,16-15-/i6D,7D,9D,10D,12D,13D,15D,16D. The van der Waals surface area contributed by atoms with Crippen molar-refractivity contribution in [2.45, 2.75) is 77.7 Å². The number of carbonyl (C=O) groups is 1. The van der Waals surface area contributed by atoms with Gasteiger partial charge in [-0.05, 0) is 44.9 Å². The molecule has 0 aliphatic heterocycles. The van der Waals surface area contributed by atoms with Gasteiger partial charge in [-0.15, -0.1) is 0 Å². The number of unbranched alkanes of at least 4 members (excludes halogenated alkanes) is 2. The Bertz CT molecular complexity index is 1230. The molecule has 0 spiro atoms. The molecule has 0 amide bonds. The number of rotatable bonds is 16. The first-order chi connectivity index (χ1) is 19.6. The van der Waals surface area contributed by atoms with E-state index in [2.05, 4.69) is 4.74 Å². The number of ether oxygens (including phenoxy) is 1. The van der Waals surface area contributed by atoms with Crippen molar-refractivity contribution in [2.75, 3.05) is 0 Å². The Hall–Kier alpha value is -2.70. The summed E-state index contributed by atoms with van der Waals surface area (Å²) >= 11 is 0. The van der Waals surface area contributed by atoms with Gasteiger partial charge >= 0.3 is 5.97 Å². The van der Waals surface area contributed by atoms with Crippen molar-refractivity contribution in [3.8, 4) is 0 Å². The molecule has 0 aromatic heterocycles. The first-order valence-corrected chi connectivity index (χ1v) is 10.9. The van der Waals surface area contributed by atoms with Crippen LogP contribution in [0.1, 0.15) is 87.7 Å². The quantitative estimate of drug-likeness (QED) is 0.0577. The van der Waals surface area contributed by atoms with Crippen LogP contribution in [-0.4, -0.2) is 5.97 Å². The van der Waals surface area contributed by atoms with E-state index in [1.807, 2.05) is 6.92 Å². The van der Waals surface area contributed by atoms with Crippen LogP contribution in [0.25, 0.3) is 0 Å². The van der Waals surface area contributed by atoms with Gasteiger partial charge in [0.15, 0.2) is 23.3 Å². The Morgan fingerprint density at radius 2 is 1.15 bits per heavy atom. The lowest BCUT2D eigenvalue weighted by atomic mass is 10.2. The predicted molar refractivity (Wildman–Crippen MR) is 124 cm³/mol. The van der Waals surface area contributed by atoms with Gasteiger partial charge in [0.05, 0.1) is 16.5 Å². The number of benzene rings is 1. The third-order valence-electron chi connectivity index (χ3n) is 4.30. The summed E-state index contributed by atoms with van der Waals surface area (Å²) in [7, 11) is 0. The largest absolute Gasteiger partial charge is 0.461 e. The zero-order valence-electron chi connectivity index (χ0n) is 27.0. The highest BCUT2D eigenvalue weighted by Crippen LogP contribution is 2.23. The molecule has 34 heavy (non-hydrogen) atoms. The highest BCUT2D eigenvalue weighted by atomic mass is 19.2. The zero-order chi connectivity index (χ0) is 32.1. The third kappa shape index (κ3) is 11.4. The second-order valence-corrected chi connectivity index (χ2v) is 6.96. The summed E-state index contributed by atoms with van der Waals surface area (Å²) in [6, 6.07) is -1.91. The molecular formula is C27H33F5O2. The normalized spacial score (nSPS) is 17.8. The second kappa shape index (κ2) is 17.7. The van der Waals surface area contributed by atoms with Crippen molar-refractivity contribution in [1.29, 1.82) is 0 Å². The molecule has 0 aliphatic rings. The molecule has 0 heterocycles. The van der Waals surface area contributed by atoms with Crippen molar-refractivity contribution in [1.82, 2.24) is 0 Å². The topological polar surface area (TPSA) is 26.3 Å². The molecule has 0 radical (unpaired) electrons. The van der Waals surface area contributed by atoms with Crippen LogP contribution in [0.4, 0.5) is 22.0 Å². The minimum absolute atomic E-state index is 0.0663. The lowest BCUT2D eigenvalue weighted by Crippen LogP contribution is -2.11. The minimum Gasteiger partial charge on any atom is -0.461 e. The predicted octanol–water partition coefficient (Wildman–Crippen LogP) is 8.57. The average molecular weight is 493 g/mol. The van der Waals surface area contributed by atoms with Crippen LogP contribution in [-0.2, 0) is 16.1 Å². The van der Waals surface area contributed by atoms with Crippen LogP contribution in [0.2, 0.25) is 0 Å². The molecule has 7 heteroatoms. The van der Waals surface area contributed by atoms with Crippen LogP contribution in [0.3, 0.4) is 0 Å². The van der Waals surface area contributed by atoms with Gasteiger partial charge in [-0.3, -0.25) is 4.79 Å². The first kappa shape index (κ1) is 18.6. The summed E-state index contributed by atoms with van der Waals surface area (Å²) in [5.41, 5.74) is -1.31. The molecule has 0 fully saturated rings. The van der Waals surface area contributed by atoms with E-state index in [9.17, 15) is 26.7 Å². The SMILES string of the molecule is [2H]/C(CCCC(=O)OCc1c(F)c(F)c(F)c(F)c1F)=C(\[2H])C/C([2H])=C(/[2H])C/C([2H])=C(/[2H])C/C([2H])=C(\[2H])CCCCC. The van der Waals surface area contributed by atoms with Crippen molar-refractivity contribution < 1.29 is 42.4 Å². The zero-order valence-corrected chi connectivity index (χ0v) is 19.0. The highest BCUT2D eigenvalue weighted by molar-refractivity contribution is 5.69. The smallest absolute Gasteiger partial charge is 0.306 e. The van der Waals surface area contributed by atoms with E-state index in [1.54, 1.807) is 0 Å². The van der Waals surface area contributed by atoms with Gasteiger partial charge in [-0.1, -0.05) is 68.2 Å². The molecule has 0 N–H and O–H groups in total. The van der Waals surface area contributed by atoms with E-state index in [1.165, 1.54) is 0 Å². The van der Waals surface area contributed by atoms with Crippen molar-refractivity contribution in [3.63, 3.8) is 0 Å². The number of carbonyl (C=O) groups excluding carboxylic acids is 1. The van der Waals surface area contributed by atoms with Gasteiger partial charge < -0.3 is 4.74 Å². The molecule has 0 saturated carbocycles. The maximum Gasteiger partial charge on any atom is 0.306 e. The van der Waals surface area contributed by atoms with Crippen LogP contribution in [0.15, 0.2) is 48.4 Å². The fraction of sp³-hybridized carbons (Fsp3) is 0.444. The van der Waals surface area contributed by atoms with Crippen molar-refractivity contribution in [3.05, 3.63) is 83.1 Å². The number of halogens is 5. The van der Waals surface area contributed by atoms with E-state index in [-0.39, 0.29) is 67.7 Å². The monoisotopic (exact) mass is 492 g/mol. The molecular weight excluding hydrogens is 451 g/mol. The summed E-state index contributed by atoms with van der Waals surface area (Å²) in [6.45, 7) is 0.807. The summed E-state index contributed by atoms with van der Waals surface area (Å²) < 4.78 is 135.